The maximum atomic E-state index is 13.7. The van der Waals surface area contributed by atoms with Gasteiger partial charge in [-0.2, -0.15) is 13.2 Å². The first kappa shape index (κ1) is 13.3. The lowest BCUT2D eigenvalue weighted by Crippen LogP contribution is -2.09. The third-order valence-corrected chi connectivity index (χ3v) is 2.49. The number of hydrogen-bond donors (Lipinski definition) is 1. The first-order valence-corrected chi connectivity index (χ1v) is 5.08. The van der Waals surface area contributed by atoms with Crippen LogP contribution in [0.1, 0.15) is 5.56 Å². The van der Waals surface area contributed by atoms with Gasteiger partial charge in [0.05, 0.1) is 11.3 Å². The van der Waals surface area contributed by atoms with Gasteiger partial charge in [0, 0.05) is 11.8 Å². The molecule has 0 aliphatic rings. The van der Waals surface area contributed by atoms with Gasteiger partial charge in [0.2, 0.25) is 0 Å². The van der Waals surface area contributed by atoms with Crippen LogP contribution in [-0.2, 0) is 6.18 Å². The Morgan fingerprint density at radius 1 is 1.05 bits per heavy atom. The lowest BCUT2D eigenvalue weighted by molar-refractivity contribution is -0.137. The highest BCUT2D eigenvalue weighted by molar-refractivity contribution is 5.68. The average molecular weight is 274 g/mol. The molecular weight excluding hydrogens is 267 g/mol. The van der Waals surface area contributed by atoms with Crippen LogP contribution >= 0.6 is 0 Å². The molecule has 0 saturated carbocycles. The zero-order valence-electron chi connectivity index (χ0n) is 9.30. The molecule has 7 heteroatoms. The van der Waals surface area contributed by atoms with Crippen LogP contribution in [0.2, 0.25) is 0 Å². The van der Waals surface area contributed by atoms with Gasteiger partial charge in [0.25, 0.3) is 0 Å². The van der Waals surface area contributed by atoms with E-state index in [9.17, 15) is 22.0 Å². The molecule has 100 valence electrons. The molecule has 2 aromatic rings. The van der Waals surface area contributed by atoms with Crippen LogP contribution in [0.5, 0.6) is 0 Å². The SMILES string of the molecule is Nc1c(F)ccc(-c2ncccc2C(F)(F)F)c1F. The molecule has 0 amide bonds. The van der Waals surface area contributed by atoms with E-state index in [1.165, 1.54) is 0 Å². The van der Waals surface area contributed by atoms with E-state index in [2.05, 4.69) is 4.98 Å². The van der Waals surface area contributed by atoms with E-state index in [1.54, 1.807) is 0 Å². The second-order valence-corrected chi connectivity index (χ2v) is 3.72. The van der Waals surface area contributed by atoms with Crippen LogP contribution in [0.25, 0.3) is 11.3 Å². The summed E-state index contributed by atoms with van der Waals surface area (Å²) < 4.78 is 65.1. The molecule has 2 nitrogen and oxygen atoms in total. The molecule has 0 saturated heterocycles. The van der Waals surface area contributed by atoms with E-state index in [-0.39, 0.29) is 0 Å². The number of benzene rings is 1. The van der Waals surface area contributed by atoms with Crippen molar-refractivity contribution in [2.75, 3.05) is 5.73 Å². The maximum absolute atomic E-state index is 13.7. The second kappa shape index (κ2) is 4.49. The van der Waals surface area contributed by atoms with Crippen molar-refractivity contribution in [3.63, 3.8) is 0 Å². The summed E-state index contributed by atoms with van der Waals surface area (Å²) in [4.78, 5) is 3.51. The van der Waals surface area contributed by atoms with Gasteiger partial charge in [-0.1, -0.05) is 0 Å². The predicted octanol–water partition coefficient (Wildman–Crippen LogP) is 3.63. The van der Waals surface area contributed by atoms with Crippen molar-refractivity contribution in [3.05, 3.63) is 47.7 Å². The van der Waals surface area contributed by atoms with Crippen molar-refractivity contribution in [1.82, 2.24) is 4.98 Å². The first-order valence-electron chi connectivity index (χ1n) is 5.08. The number of nitrogens with zero attached hydrogens (tertiary/aromatic N) is 1. The summed E-state index contributed by atoms with van der Waals surface area (Å²) in [7, 11) is 0. The second-order valence-electron chi connectivity index (χ2n) is 3.72. The van der Waals surface area contributed by atoms with Gasteiger partial charge < -0.3 is 5.73 Å². The fraction of sp³-hybridized carbons (Fsp3) is 0.0833. The van der Waals surface area contributed by atoms with Crippen molar-refractivity contribution in [1.29, 1.82) is 0 Å². The minimum absolute atomic E-state index is 0.494. The summed E-state index contributed by atoms with van der Waals surface area (Å²) in [6.07, 6.45) is -3.61. The normalized spacial score (nSPS) is 11.6. The Morgan fingerprint density at radius 3 is 2.37 bits per heavy atom. The predicted molar refractivity (Wildman–Crippen MR) is 59.0 cm³/mol. The molecule has 1 heterocycles. The summed E-state index contributed by atoms with van der Waals surface area (Å²) in [6, 6.07) is 3.51. The van der Waals surface area contributed by atoms with E-state index < -0.39 is 40.3 Å². The van der Waals surface area contributed by atoms with E-state index in [0.717, 1.165) is 30.5 Å². The van der Waals surface area contributed by atoms with E-state index in [1.807, 2.05) is 0 Å². The summed E-state index contributed by atoms with van der Waals surface area (Å²) in [6.45, 7) is 0. The minimum Gasteiger partial charge on any atom is -0.394 e. The quantitative estimate of drug-likeness (QED) is 0.637. The molecule has 1 aromatic carbocycles. The molecule has 2 N–H and O–H groups in total. The molecule has 1 aromatic heterocycles. The monoisotopic (exact) mass is 274 g/mol. The minimum atomic E-state index is -4.70. The third kappa shape index (κ3) is 2.35. The Hall–Kier alpha value is -2.18. The lowest BCUT2D eigenvalue weighted by atomic mass is 10.0. The molecule has 0 aliphatic carbocycles. The summed E-state index contributed by atoms with van der Waals surface area (Å²) in [5.74, 6) is -2.30. The Kier molecular flexibility index (Phi) is 3.13. The van der Waals surface area contributed by atoms with Crippen molar-refractivity contribution in [2.45, 2.75) is 6.18 Å². The highest BCUT2D eigenvalue weighted by Gasteiger charge is 2.35. The number of pyridine rings is 1. The third-order valence-electron chi connectivity index (χ3n) is 2.49. The van der Waals surface area contributed by atoms with Crippen LogP contribution in [0.15, 0.2) is 30.5 Å². The Bertz CT molecular complexity index is 622. The van der Waals surface area contributed by atoms with Gasteiger partial charge in [-0.15, -0.1) is 0 Å². The standard InChI is InChI=1S/C12H7F5N2/c13-8-4-3-6(9(14)10(8)18)11-7(12(15,16)17)2-1-5-19-11/h1-5H,18H2. The van der Waals surface area contributed by atoms with Crippen LogP contribution < -0.4 is 5.73 Å². The molecule has 0 fully saturated rings. The number of halogens is 5. The van der Waals surface area contributed by atoms with E-state index in [0.29, 0.717) is 0 Å². The molecular formula is C12H7F5N2. The first-order chi connectivity index (χ1) is 8.82. The van der Waals surface area contributed by atoms with Crippen molar-refractivity contribution in [3.8, 4) is 11.3 Å². The summed E-state index contributed by atoms with van der Waals surface area (Å²) in [5.41, 5.74) is 2.05. The number of anilines is 1. The highest BCUT2D eigenvalue weighted by atomic mass is 19.4. The number of hydrogen-bond acceptors (Lipinski definition) is 2. The van der Waals surface area contributed by atoms with Gasteiger partial charge in [-0.3, -0.25) is 4.98 Å². The van der Waals surface area contributed by atoms with Crippen molar-refractivity contribution in [2.24, 2.45) is 0 Å². The Morgan fingerprint density at radius 2 is 1.74 bits per heavy atom. The van der Waals surface area contributed by atoms with Gasteiger partial charge >= 0.3 is 6.18 Å². The molecule has 0 atom stereocenters. The van der Waals surface area contributed by atoms with Crippen molar-refractivity contribution < 1.29 is 22.0 Å². The molecule has 0 bridgehead atoms. The zero-order chi connectivity index (χ0) is 14.2. The maximum Gasteiger partial charge on any atom is 0.418 e. The largest absolute Gasteiger partial charge is 0.418 e. The van der Waals surface area contributed by atoms with Crippen LogP contribution in [-0.4, -0.2) is 4.98 Å². The number of rotatable bonds is 1. The van der Waals surface area contributed by atoms with Crippen LogP contribution in [0, 0.1) is 11.6 Å². The van der Waals surface area contributed by atoms with Gasteiger partial charge in [-0.05, 0) is 24.3 Å². The van der Waals surface area contributed by atoms with Gasteiger partial charge in [-0.25, -0.2) is 8.78 Å². The fourth-order valence-corrected chi connectivity index (χ4v) is 1.60. The summed E-state index contributed by atoms with van der Waals surface area (Å²) in [5, 5.41) is 0. The molecule has 2 rings (SSSR count). The number of alkyl halides is 3. The summed E-state index contributed by atoms with van der Waals surface area (Å²) >= 11 is 0. The Labute approximate surface area is 104 Å². The van der Waals surface area contributed by atoms with Gasteiger partial charge in [0.1, 0.15) is 11.5 Å². The molecule has 19 heavy (non-hydrogen) atoms. The number of nitrogen functional groups attached to an aromatic ring is 1. The smallest absolute Gasteiger partial charge is 0.394 e. The van der Waals surface area contributed by atoms with Crippen LogP contribution in [0.3, 0.4) is 0 Å². The Balaban J connectivity index is 2.70. The van der Waals surface area contributed by atoms with Crippen LogP contribution in [0.4, 0.5) is 27.6 Å². The molecule has 0 aliphatic heterocycles. The fourth-order valence-electron chi connectivity index (χ4n) is 1.60. The average Bonchev–Trinajstić information content (AvgIpc) is 2.35. The molecule has 0 unspecified atom stereocenters. The highest BCUT2D eigenvalue weighted by Crippen LogP contribution is 2.37. The van der Waals surface area contributed by atoms with E-state index in [4.69, 9.17) is 5.73 Å². The number of aromatic nitrogens is 1. The van der Waals surface area contributed by atoms with E-state index >= 15 is 0 Å². The lowest BCUT2D eigenvalue weighted by Gasteiger charge is -2.13. The topological polar surface area (TPSA) is 38.9 Å². The molecule has 0 radical (unpaired) electrons. The van der Waals surface area contributed by atoms with Gasteiger partial charge in [0.15, 0.2) is 5.82 Å². The molecule has 0 spiro atoms. The number of nitrogens with two attached hydrogens (primary N) is 1. The van der Waals surface area contributed by atoms with Crippen molar-refractivity contribution >= 4 is 5.69 Å². The zero-order valence-corrected chi connectivity index (χ0v) is 9.30.